The summed E-state index contributed by atoms with van der Waals surface area (Å²) >= 11 is 0. The van der Waals surface area contributed by atoms with E-state index in [4.69, 9.17) is 15.4 Å². The van der Waals surface area contributed by atoms with Gasteiger partial charge in [-0.2, -0.15) is 0 Å². The van der Waals surface area contributed by atoms with E-state index in [1.54, 1.807) is 0 Å². The molecule has 0 unspecified atom stereocenters. The zero-order valence-corrected chi connectivity index (χ0v) is 13.4. The molecule has 0 radical (unpaired) electrons. The molecule has 1 rings (SSSR count). The summed E-state index contributed by atoms with van der Waals surface area (Å²) in [7, 11) is 2.74. The van der Waals surface area contributed by atoms with Crippen molar-refractivity contribution in [3.8, 4) is 5.75 Å². The van der Waals surface area contributed by atoms with Gasteiger partial charge in [0.25, 0.3) is 9.05 Å². The van der Waals surface area contributed by atoms with Crippen molar-refractivity contribution in [2.24, 2.45) is 5.41 Å². The number of hydrogen-bond donors (Lipinski definition) is 1. The fourth-order valence-electron chi connectivity index (χ4n) is 1.63. The van der Waals surface area contributed by atoms with Crippen LogP contribution in [-0.4, -0.2) is 21.4 Å². The molecule has 0 aliphatic heterocycles. The molecular weight excluding hydrogens is 302 g/mol. The third-order valence-corrected chi connectivity index (χ3v) is 3.76. The maximum atomic E-state index is 11.8. The summed E-state index contributed by atoms with van der Waals surface area (Å²) in [4.78, 5) is 11.7. The Kier molecular flexibility index (Phi) is 5.05. The van der Waals surface area contributed by atoms with Crippen LogP contribution in [0.3, 0.4) is 0 Å². The second kappa shape index (κ2) is 6.01. The summed E-state index contributed by atoms with van der Waals surface area (Å²) in [6, 6.07) is 4.20. The van der Waals surface area contributed by atoms with Crippen molar-refractivity contribution in [1.29, 1.82) is 0 Å². The quantitative estimate of drug-likeness (QED) is 0.866. The van der Waals surface area contributed by atoms with Crippen molar-refractivity contribution < 1.29 is 17.9 Å². The molecule has 0 bridgehead atoms. The lowest BCUT2D eigenvalue weighted by molar-refractivity contribution is -0.117. The van der Waals surface area contributed by atoms with Gasteiger partial charge in [0.05, 0.1) is 7.11 Å². The normalized spacial score (nSPS) is 12.1. The van der Waals surface area contributed by atoms with Crippen LogP contribution < -0.4 is 10.1 Å². The molecule has 1 N–H and O–H groups in total. The largest absolute Gasteiger partial charge is 0.495 e. The second-order valence-corrected chi connectivity index (χ2v) is 8.12. The van der Waals surface area contributed by atoms with E-state index in [2.05, 4.69) is 5.32 Å². The van der Waals surface area contributed by atoms with Crippen LogP contribution in [0, 0.1) is 5.41 Å². The Labute approximate surface area is 123 Å². The molecule has 7 heteroatoms. The molecule has 0 atom stereocenters. The van der Waals surface area contributed by atoms with Crippen molar-refractivity contribution in [3.63, 3.8) is 0 Å². The topological polar surface area (TPSA) is 72.5 Å². The molecule has 0 aromatic heterocycles. The van der Waals surface area contributed by atoms with Gasteiger partial charge < -0.3 is 10.1 Å². The summed E-state index contributed by atoms with van der Waals surface area (Å²) in [6.45, 7) is 5.86. The fourth-order valence-corrected chi connectivity index (χ4v) is 2.63. The summed E-state index contributed by atoms with van der Waals surface area (Å²) in [5, 5.41) is 2.69. The maximum Gasteiger partial charge on any atom is 0.264 e. The minimum absolute atomic E-state index is 0.0913. The molecule has 1 aromatic carbocycles. The fraction of sp³-hybridized carbons (Fsp3) is 0.462. The Bertz CT molecular complexity index is 605. The molecule has 1 aromatic rings. The number of methoxy groups -OCH3 is 1. The van der Waals surface area contributed by atoms with E-state index in [9.17, 15) is 13.2 Å². The number of benzene rings is 1. The predicted octanol–water partition coefficient (Wildman–Crippen LogP) is 3.00. The van der Waals surface area contributed by atoms with Crippen LogP contribution >= 0.6 is 10.7 Å². The SMILES string of the molecule is COc1cc(NC(=O)CC(C)(C)C)ccc1S(=O)(=O)Cl. The Balaban J connectivity index is 2.98. The lowest BCUT2D eigenvalue weighted by atomic mass is 9.92. The van der Waals surface area contributed by atoms with Crippen molar-refractivity contribution >= 4 is 31.3 Å². The van der Waals surface area contributed by atoms with Gasteiger partial charge in [-0.1, -0.05) is 20.8 Å². The first kappa shape index (κ1) is 16.8. The first-order valence-electron chi connectivity index (χ1n) is 5.95. The predicted molar refractivity (Wildman–Crippen MR) is 78.7 cm³/mol. The van der Waals surface area contributed by atoms with E-state index < -0.39 is 9.05 Å². The standard InChI is InChI=1S/C13H18ClNO4S/c1-13(2,3)8-12(16)15-9-5-6-11(20(14,17)18)10(7-9)19-4/h5-7H,8H2,1-4H3,(H,15,16). The van der Waals surface area contributed by atoms with Crippen molar-refractivity contribution in [3.05, 3.63) is 18.2 Å². The molecule has 0 spiro atoms. The van der Waals surface area contributed by atoms with Crippen LogP contribution in [0.5, 0.6) is 5.75 Å². The van der Waals surface area contributed by atoms with Crippen LogP contribution in [0.2, 0.25) is 0 Å². The summed E-state index contributed by atoms with van der Waals surface area (Å²) in [5.74, 6) is -0.0606. The van der Waals surface area contributed by atoms with Gasteiger partial charge in [-0.15, -0.1) is 0 Å². The highest BCUT2D eigenvalue weighted by Crippen LogP contribution is 2.30. The van der Waals surface area contributed by atoms with Crippen LogP contribution in [0.25, 0.3) is 0 Å². The van der Waals surface area contributed by atoms with Gasteiger partial charge >= 0.3 is 0 Å². The Hall–Kier alpha value is -1.27. The van der Waals surface area contributed by atoms with Crippen LogP contribution in [0.1, 0.15) is 27.2 Å². The van der Waals surface area contributed by atoms with Crippen molar-refractivity contribution in [1.82, 2.24) is 0 Å². The molecule has 112 valence electrons. The summed E-state index contributed by atoms with van der Waals surface area (Å²) in [5.41, 5.74) is 0.327. The molecule has 20 heavy (non-hydrogen) atoms. The molecule has 1 amide bonds. The third kappa shape index (κ3) is 5.02. The number of nitrogens with one attached hydrogen (secondary N) is 1. The number of anilines is 1. The van der Waals surface area contributed by atoms with E-state index in [0.717, 1.165) is 0 Å². The van der Waals surface area contributed by atoms with Gasteiger partial charge in [0.15, 0.2) is 0 Å². The van der Waals surface area contributed by atoms with Crippen LogP contribution in [0.4, 0.5) is 5.69 Å². The van der Waals surface area contributed by atoms with Gasteiger partial charge in [0.2, 0.25) is 5.91 Å². The molecule has 0 fully saturated rings. The molecule has 0 aliphatic rings. The van der Waals surface area contributed by atoms with E-state index >= 15 is 0 Å². The number of ether oxygens (including phenoxy) is 1. The van der Waals surface area contributed by atoms with Crippen molar-refractivity contribution in [2.75, 3.05) is 12.4 Å². The number of hydrogen-bond acceptors (Lipinski definition) is 4. The Morgan fingerprint density at radius 2 is 1.95 bits per heavy atom. The van der Waals surface area contributed by atoms with Crippen LogP contribution in [-0.2, 0) is 13.8 Å². The Morgan fingerprint density at radius 3 is 2.40 bits per heavy atom. The van der Waals surface area contributed by atoms with E-state index in [0.29, 0.717) is 12.1 Å². The van der Waals surface area contributed by atoms with Gasteiger partial charge in [-0.3, -0.25) is 4.79 Å². The molecular formula is C13H18ClNO4S. The van der Waals surface area contributed by atoms with E-state index in [1.165, 1.54) is 25.3 Å². The number of rotatable bonds is 4. The smallest absolute Gasteiger partial charge is 0.264 e. The zero-order valence-electron chi connectivity index (χ0n) is 11.9. The lowest BCUT2D eigenvalue weighted by Gasteiger charge is -2.17. The molecule has 0 aliphatic carbocycles. The molecule has 5 nitrogen and oxygen atoms in total. The number of carbonyl (C=O) groups is 1. The lowest BCUT2D eigenvalue weighted by Crippen LogP contribution is -2.19. The third-order valence-electron chi connectivity index (χ3n) is 2.40. The van der Waals surface area contributed by atoms with Gasteiger partial charge in [-0.25, -0.2) is 8.42 Å². The maximum absolute atomic E-state index is 11.8. The van der Waals surface area contributed by atoms with Crippen LogP contribution in [0.15, 0.2) is 23.1 Å². The summed E-state index contributed by atoms with van der Waals surface area (Å²) < 4.78 is 27.6. The average Bonchev–Trinajstić information content (AvgIpc) is 2.24. The number of amides is 1. The minimum Gasteiger partial charge on any atom is -0.495 e. The Morgan fingerprint density at radius 1 is 1.35 bits per heavy atom. The highest BCUT2D eigenvalue weighted by atomic mass is 35.7. The number of carbonyl (C=O) groups excluding carboxylic acids is 1. The van der Waals surface area contributed by atoms with Gasteiger partial charge in [-0.05, 0) is 17.5 Å². The van der Waals surface area contributed by atoms with Gasteiger partial charge in [0, 0.05) is 28.9 Å². The first-order valence-corrected chi connectivity index (χ1v) is 8.26. The van der Waals surface area contributed by atoms with Gasteiger partial charge in [0.1, 0.15) is 10.6 Å². The highest BCUT2D eigenvalue weighted by Gasteiger charge is 2.19. The van der Waals surface area contributed by atoms with E-state index in [-0.39, 0.29) is 22.0 Å². The first-order chi connectivity index (χ1) is 9.03. The molecule has 0 heterocycles. The molecule has 0 saturated carbocycles. The monoisotopic (exact) mass is 319 g/mol. The highest BCUT2D eigenvalue weighted by molar-refractivity contribution is 8.13. The zero-order chi connectivity index (χ0) is 15.6. The van der Waals surface area contributed by atoms with Crippen molar-refractivity contribution in [2.45, 2.75) is 32.1 Å². The second-order valence-electron chi connectivity index (χ2n) is 5.59. The minimum atomic E-state index is -3.89. The summed E-state index contributed by atoms with van der Waals surface area (Å²) in [6.07, 6.45) is 0.352. The molecule has 0 saturated heterocycles. The average molecular weight is 320 g/mol. The van der Waals surface area contributed by atoms with E-state index in [1.807, 2.05) is 20.8 Å². The number of halogens is 1.